The van der Waals surface area contributed by atoms with Crippen LogP contribution in [0.5, 0.6) is 0 Å². The van der Waals surface area contributed by atoms with Gasteiger partial charge in [-0.3, -0.25) is 9.88 Å². The van der Waals surface area contributed by atoms with E-state index in [9.17, 15) is 13.2 Å². The topological polar surface area (TPSA) is 71.9 Å². The highest BCUT2D eigenvalue weighted by Crippen LogP contribution is 2.42. The predicted octanol–water partition coefficient (Wildman–Crippen LogP) is 3.12. The second kappa shape index (κ2) is 9.40. The van der Waals surface area contributed by atoms with Crippen LogP contribution in [0.1, 0.15) is 31.4 Å². The Balaban J connectivity index is 0.000000298. The summed E-state index contributed by atoms with van der Waals surface area (Å²) in [5, 5.41) is 7.12. The molecule has 1 aliphatic carbocycles. The summed E-state index contributed by atoms with van der Waals surface area (Å²) in [4.78, 5) is 15.8. The summed E-state index contributed by atoms with van der Waals surface area (Å²) < 4.78 is 43.7. The Bertz CT molecular complexity index is 661. The molecular weight excluding hydrogens is 389 g/mol. The van der Waals surface area contributed by atoms with E-state index < -0.39 is 12.1 Å². The normalized spacial score (nSPS) is 23.3. The van der Waals surface area contributed by atoms with Crippen LogP contribution in [0.3, 0.4) is 0 Å². The van der Waals surface area contributed by atoms with Crippen LogP contribution in [0.25, 0.3) is 0 Å². The minimum atomic E-state index is -5.08. The molecule has 0 bridgehead atoms. The van der Waals surface area contributed by atoms with Gasteiger partial charge in [0.05, 0.1) is 11.3 Å². The van der Waals surface area contributed by atoms with E-state index in [4.69, 9.17) is 19.4 Å². The molecule has 2 aliphatic heterocycles. The third kappa shape index (κ3) is 6.38. The average Bonchev–Trinajstić information content (AvgIpc) is 3.38. The molecule has 3 aliphatic rings. The standard InChI is InChI=1S/C18H26N2O2.C2HF3O2/c1-2-8-19-17(3-1)11-20-13-18(14-20)16(7-10-22-18)6-9-21-12-15-4-5-15;3-2(4,5)1(6)7/h1-3,8,15-16H,4-7,9-14H2;(H,6,7). The van der Waals surface area contributed by atoms with Crippen molar-refractivity contribution in [1.29, 1.82) is 0 Å². The molecule has 162 valence electrons. The van der Waals surface area contributed by atoms with Gasteiger partial charge < -0.3 is 14.6 Å². The SMILES string of the molecule is O=C(O)C(F)(F)F.c1ccc(CN2CC3(C2)OCCC3CCOCC2CC2)nc1. The van der Waals surface area contributed by atoms with Crippen molar-refractivity contribution in [2.24, 2.45) is 11.8 Å². The third-order valence-corrected chi connectivity index (χ3v) is 5.60. The van der Waals surface area contributed by atoms with Crippen molar-refractivity contribution in [1.82, 2.24) is 9.88 Å². The van der Waals surface area contributed by atoms with Crippen molar-refractivity contribution in [3.63, 3.8) is 0 Å². The zero-order valence-corrected chi connectivity index (χ0v) is 16.2. The third-order valence-electron chi connectivity index (χ3n) is 5.60. The molecule has 3 heterocycles. The fourth-order valence-corrected chi connectivity index (χ4v) is 3.85. The Morgan fingerprint density at radius 1 is 1.31 bits per heavy atom. The molecule has 0 radical (unpaired) electrons. The van der Waals surface area contributed by atoms with Crippen molar-refractivity contribution >= 4 is 5.97 Å². The lowest BCUT2D eigenvalue weighted by molar-refractivity contribution is -0.192. The lowest BCUT2D eigenvalue weighted by Crippen LogP contribution is -2.64. The molecule has 29 heavy (non-hydrogen) atoms. The first kappa shape index (κ1) is 22.0. The highest BCUT2D eigenvalue weighted by Gasteiger charge is 2.52. The monoisotopic (exact) mass is 416 g/mol. The molecule has 1 aromatic rings. The molecular formula is C20H27F3N2O4. The second-order valence-electron chi connectivity index (χ2n) is 7.97. The molecule has 9 heteroatoms. The highest BCUT2D eigenvalue weighted by molar-refractivity contribution is 5.73. The first-order chi connectivity index (χ1) is 13.8. The maximum Gasteiger partial charge on any atom is 0.490 e. The van der Waals surface area contributed by atoms with Crippen LogP contribution in [0.4, 0.5) is 13.2 Å². The summed E-state index contributed by atoms with van der Waals surface area (Å²) in [6.45, 7) is 5.86. The van der Waals surface area contributed by atoms with Gasteiger partial charge in [-0.1, -0.05) is 6.07 Å². The van der Waals surface area contributed by atoms with E-state index in [2.05, 4.69) is 22.0 Å². The Kier molecular flexibility index (Phi) is 7.13. The van der Waals surface area contributed by atoms with Crippen molar-refractivity contribution in [2.45, 2.75) is 44.0 Å². The predicted molar refractivity (Wildman–Crippen MR) is 98.2 cm³/mol. The van der Waals surface area contributed by atoms with Crippen LogP contribution < -0.4 is 0 Å². The second-order valence-corrected chi connectivity index (χ2v) is 7.97. The van der Waals surface area contributed by atoms with Gasteiger partial charge in [-0.05, 0) is 49.7 Å². The van der Waals surface area contributed by atoms with E-state index in [0.29, 0.717) is 5.92 Å². The molecule has 6 nitrogen and oxygen atoms in total. The van der Waals surface area contributed by atoms with Crippen LogP contribution in [0.15, 0.2) is 24.4 Å². The number of ether oxygens (including phenoxy) is 2. The fourth-order valence-electron chi connectivity index (χ4n) is 3.85. The van der Waals surface area contributed by atoms with E-state index in [1.54, 1.807) is 0 Å². The number of rotatable bonds is 7. The van der Waals surface area contributed by atoms with Gasteiger partial charge in [0.25, 0.3) is 0 Å². The number of pyridine rings is 1. The Morgan fingerprint density at radius 2 is 2.03 bits per heavy atom. The van der Waals surface area contributed by atoms with Gasteiger partial charge >= 0.3 is 12.1 Å². The Morgan fingerprint density at radius 3 is 2.62 bits per heavy atom. The fraction of sp³-hybridized carbons (Fsp3) is 0.700. The summed E-state index contributed by atoms with van der Waals surface area (Å²) in [6, 6.07) is 6.13. The number of hydrogen-bond acceptors (Lipinski definition) is 5. The number of nitrogens with zero attached hydrogens (tertiary/aromatic N) is 2. The van der Waals surface area contributed by atoms with E-state index >= 15 is 0 Å². The number of carboxylic acids is 1. The number of halogens is 3. The van der Waals surface area contributed by atoms with Gasteiger partial charge in [-0.25, -0.2) is 4.79 Å². The summed E-state index contributed by atoms with van der Waals surface area (Å²) in [7, 11) is 0. The summed E-state index contributed by atoms with van der Waals surface area (Å²) in [5.74, 6) is -1.22. The zero-order chi connectivity index (χ0) is 20.9. The van der Waals surface area contributed by atoms with Crippen molar-refractivity contribution < 1.29 is 32.5 Å². The molecule has 4 rings (SSSR count). The van der Waals surface area contributed by atoms with Crippen molar-refractivity contribution in [3.8, 4) is 0 Å². The van der Waals surface area contributed by atoms with Crippen LogP contribution in [-0.4, -0.2) is 65.6 Å². The van der Waals surface area contributed by atoms with Gasteiger partial charge in [0, 0.05) is 45.7 Å². The first-order valence-corrected chi connectivity index (χ1v) is 9.92. The Labute approximate surface area is 168 Å². The summed E-state index contributed by atoms with van der Waals surface area (Å²) >= 11 is 0. The first-order valence-electron chi connectivity index (χ1n) is 9.92. The molecule has 1 N–H and O–H groups in total. The number of alkyl halides is 3. The smallest absolute Gasteiger partial charge is 0.475 e. The molecule has 1 saturated carbocycles. The quantitative estimate of drug-likeness (QED) is 0.689. The van der Waals surface area contributed by atoms with Gasteiger partial charge in [-0.2, -0.15) is 13.2 Å². The van der Waals surface area contributed by atoms with Gasteiger partial charge in [0.15, 0.2) is 0 Å². The summed E-state index contributed by atoms with van der Waals surface area (Å²) in [6.07, 6.45) is 1.89. The maximum atomic E-state index is 10.6. The van der Waals surface area contributed by atoms with Crippen molar-refractivity contribution in [2.75, 3.05) is 32.9 Å². The minimum absolute atomic E-state index is 0.109. The van der Waals surface area contributed by atoms with Gasteiger partial charge in [0.2, 0.25) is 0 Å². The van der Waals surface area contributed by atoms with E-state index in [0.717, 1.165) is 57.5 Å². The molecule has 2 saturated heterocycles. The largest absolute Gasteiger partial charge is 0.490 e. The zero-order valence-electron chi connectivity index (χ0n) is 16.2. The lowest BCUT2D eigenvalue weighted by atomic mass is 9.79. The van der Waals surface area contributed by atoms with Crippen LogP contribution in [0.2, 0.25) is 0 Å². The number of hydrogen-bond donors (Lipinski definition) is 1. The number of aliphatic carboxylic acids is 1. The van der Waals surface area contributed by atoms with E-state index in [1.165, 1.54) is 19.3 Å². The van der Waals surface area contributed by atoms with E-state index in [-0.39, 0.29) is 5.60 Å². The number of carboxylic acid groups (broad SMARTS) is 1. The Hall–Kier alpha value is -1.71. The molecule has 0 amide bonds. The highest BCUT2D eigenvalue weighted by atomic mass is 19.4. The van der Waals surface area contributed by atoms with Crippen molar-refractivity contribution in [3.05, 3.63) is 30.1 Å². The molecule has 1 spiro atoms. The van der Waals surface area contributed by atoms with Gasteiger partial charge in [-0.15, -0.1) is 0 Å². The number of carbonyl (C=O) groups is 1. The lowest BCUT2D eigenvalue weighted by Gasteiger charge is -2.50. The van der Waals surface area contributed by atoms with Gasteiger partial charge in [0.1, 0.15) is 0 Å². The number of aromatic nitrogens is 1. The summed E-state index contributed by atoms with van der Waals surface area (Å²) in [5.41, 5.74) is 1.26. The maximum absolute atomic E-state index is 10.6. The average molecular weight is 416 g/mol. The van der Waals surface area contributed by atoms with Crippen LogP contribution in [0, 0.1) is 11.8 Å². The molecule has 1 aromatic heterocycles. The number of likely N-dealkylation sites (tertiary alicyclic amines) is 1. The molecule has 1 unspecified atom stereocenters. The molecule has 1 atom stereocenters. The van der Waals surface area contributed by atoms with E-state index in [1.807, 2.05) is 12.3 Å². The molecule has 0 aromatic carbocycles. The minimum Gasteiger partial charge on any atom is -0.475 e. The molecule has 3 fully saturated rings. The van der Waals surface area contributed by atoms with Crippen LogP contribution >= 0.6 is 0 Å². The van der Waals surface area contributed by atoms with Crippen LogP contribution in [-0.2, 0) is 20.8 Å².